The van der Waals surface area contributed by atoms with Gasteiger partial charge in [0.1, 0.15) is 29.8 Å². The molecule has 1 spiro atoms. The maximum absolute atomic E-state index is 13.4. The molecule has 13 heteroatoms. The summed E-state index contributed by atoms with van der Waals surface area (Å²) in [6.45, 7) is 10.1. The number of carbonyl (C=O) groups excluding carboxylic acids is 1. The molecule has 0 aromatic carbocycles. The zero-order valence-corrected chi connectivity index (χ0v) is 34.1. The van der Waals surface area contributed by atoms with E-state index >= 15 is 0 Å². The maximum atomic E-state index is 13.4. The third kappa shape index (κ3) is 6.67. The number of ether oxygens (including phenoxy) is 10. The minimum atomic E-state index is -0.996. The van der Waals surface area contributed by atoms with E-state index in [0.29, 0.717) is 31.6 Å². The summed E-state index contributed by atoms with van der Waals surface area (Å²) in [5, 5.41) is 22.8. The van der Waals surface area contributed by atoms with Gasteiger partial charge in [-0.2, -0.15) is 0 Å². The number of cyclic esters (lactones) is 1. The van der Waals surface area contributed by atoms with E-state index in [1.807, 2.05) is 27.7 Å². The van der Waals surface area contributed by atoms with Crippen molar-refractivity contribution in [2.75, 3.05) is 21.3 Å². The highest BCUT2D eigenvalue weighted by Crippen LogP contribution is 2.70. The van der Waals surface area contributed by atoms with Gasteiger partial charge in [-0.15, -0.1) is 0 Å². The van der Waals surface area contributed by atoms with Crippen LogP contribution in [0.5, 0.6) is 0 Å². The summed E-state index contributed by atoms with van der Waals surface area (Å²) in [4.78, 5) is 13.4. The van der Waals surface area contributed by atoms with Gasteiger partial charge in [-0.25, -0.2) is 0 Å². The summed E-state index contributed by atoms with van der Waals surface area (Å²) in [6.07, 6.45) is 5.25. The zero-order valence-electron chi connectivity index (χ0n) is 34.1. The van der Waals surface area contributed by atoms with Crippen molar-refractivity contribution in [2.45, 2.75) is 197 Å². The summed E-state index contributed by atoms with van der Waals surface area (Å²) in [7, 11) is 4.95. The normalized spacial score (nSPS) is 53.7. The summed E-state index contributed by atoms with van der Waals surface area (Å²) in [6, 6.07) is 0. The van der Waals surface area contributed by atoms with Crippen LogP contribution in [0.3, 0.4) is 0 Å². The largest absolute Gasteiger partial charge is 0.462 e. The second-order valence-electron chi connectivity index (χ2n) is 18.3. The number of hydrogen-bond donors (Lipinski definition) is 2. The van der Waals surface area contributed by atoms with Crippen LogP contribution in [-0.2, 0) is 52.2 Å². The van der Waals surface area contributed by atoms with Gasteiger partial charge in [0.05, 0.1) is 48.3 Å². The van der Waals surface area contributed by atoms with Crippen LogP contribution in [-0.4, -0.2) is 129 Å². The summed E-state index contributed by atoms with van der Waals surface area (Å²) in [5.41, 5.74) is -0.339. The van der Waals surface area contributed by atoms with E-state index in [9.17, 15) is 15.0 Å². The zero-order chi connectivity index (χ0) is 39.0. The lowest BCUT2D eigenvalue weighted by atomic mass is 9.45. The monoisotopic (exact) mass is 778 g/mol. The molecule has 4 aliphatic carbocycles. The Bertz CT molecular complexity index is 1430. The lowest BCUT2D eigenvalue weighted by molar-refractivity contribution is -0.338. The number of allylic oxidation sites excluding steroid dienone is 1. The first-order chi connectivity index (χ1) is 26.3. The van der Waals surface area contributed by atoms with E-state index < -0.39 is 48.2 Å². The number of aliphatic hydroxyl groups excluding tert-OH is 1. The predicted molar refractivity (Wildman–Crippen MR) is 196 cm³/mol. The summed E-state index contributed by atoms with van der Waals surface area (Å²) >= 11 is 0. The van der Waals surface area contributed by atoms with E-state index in [4.69, 9.17) is 47.4 Å². The molecule has 7 fully saturated rings. The number of rotatable bonds is 9. The van der Waals surface area contributed by atoms with E-state index in [-0.39, 0.29) is 72.1 Å². The van der Waals surface area contributed by atoms with Gasteiger partial charge in [-0.3, -0.25) is 4.79 Å². The van der Waals surface area contributed by atoms with Crippen LogP contribution in [0, 0.1) is 28.6 Å². The van der Waals surface area contributed by atoms with E-state index in [1.54, 1.807) is 21.3 Å². The molecule has 4 aliphatic heterocycles. The highest BCUT2D eigenvalue weighted by atomic mass is 16.7. The molecule has 4 saturated heterocycles. The van der Waals surface area contributed by atoms with Crippen LogP contribution < -0.4 is 0 Å². The molecule has 4 heterocycles. The molecule has 2 N–H and O–H groups in total. The van der Waals surface area contributed by atoms with Gasteiger partial charge >= 0.3 is 5.97 Å². The Morgan fingerprint density at radius 3 is 1.87 bits per heavy atom. The van der Waals surface area contributed by atoms with Gasteiger partial charge in [0.25, 0.3) is 0 Å². The molecular formula is C42H66O13. The number of aliphatic hydroxyl groups is 2. The highest BCUT2D eigenvalue weighted by Gasteiger charge is 2.75. The average Bonchev–Trinajstić information content (AvgIpc) is 3.61. The van der Waals surface area contributed by atoms with Crippen molar-refractivity contribution < 1.29 is 62.4 Å². The fourth-order valence-electron chi connectivity index (χ4n) is 12.8. The molecule has 0 unspecified atom stereocenters. The van der Waals surface area contributed by atoms with Crippen LogP contribution >= 0.6 is 0 Å². The van der Waals surface area contributed by atoms with Gasteiger partial charge in [0.15, 0.2) is 18.9 Å². The number of hydrogen-bond acceptors (Lipinski definition) is 13. The lowest BCUT2D eigenvalue weighted by Crippen LogP contribution is -2.63. The first kappa shape index (κ1) is 40.5. The van der Waals surface area contributed by atoms with Gasteiger partial charge in [0.2, 0.25) is 0 Å². The SMILES string of the molecule is CO[C@H]1C[C@H](O[C@H]2CC[C@@]3(C)C(=CC[C@@H]4[C@@H]3CC[C@]35C(=O)O[C@H](C)[C@H]3CC[C@]45O)C2)O[C@H](C)[C@H]1O[C@@H]1C[C@H](OC)[C@H](O[C@@H]2C[C@@H](OC)[C@H](O)[C@@H](C)O2)[C@@H](C)O1. The number of fused-ring (bicyclic) bond motifs is 4. The number of carbonyl (C=O) groups is 1. The van der Waals surface area contributed by atoms with Gasteiger partial charge in [-0.05, 0) is 96.3 Å². The van der Waals surface area contributed by atoms with Crippen molar-refractivity contribution in [1.82, 2.24) is 0 Å². The highest BCUT2D eigenvalue weighted by molar-refractivity contribution is 5.82. The summed E-state index contributed by atoms with van der Waals surface area (Å²) < 4.78 is 61.7. The third-order valence-electron chi connectivity index (χ3n) is 15.8. The van der Waals surface area contributed by atoms with Crippen molar-refractivity contribution in [3.05, 3.63) is 11.6 Å². The van der Waals surface area contributed by atoms with Crippen molar-refractivity contribution in [3.8, 4) is 0 Å². The Morgan fingerprint density at radius 1 is 0.691 bits per heavy atom. The molecule has 312 valence electrons. The van der Waals surface area contributed by atoms with Crippen LogP contribution in [0.25, 0.3) is 0 Å². The maximum Gasteiger partial charge on any atom is 0.315 e. The van der Waals surface area contributed by atoms with E-state index in [2.05, 4.69) is 13.0 Å². The van der Waals surface area contributed by atoms with Crippen LogP contribution in [0.2, 0.25) is 0 Å². The fraction of sp³-hybridized carbons (Fsp3) is 0.929. The number of esters is 1. The molecule has 13 nitrogen and oxygen atoms in total. The van der Waals surface area contributed by atoms with E-state index in [0.717, 1.165) is 44.9 Å². The van der Waals surface area contributed by atoms with Gasteiger partial charge < -0.3 is 57.6 Å². The molecule has 8 rings (SSSR count). The topological polar surface area (TPSA) is 150 Å². The molecule has 20 atom stereocenters. The molecule has 0 amide bonds. The Hall–Kier alpha value is -1.23. The molecule has 8 aliphatic rings. The van der Waals surface area contributed by atoms with Crippen molar-refractivity contribution in [2.24, 2.45) is 28.6 Å². The average molecular weight is 779 g/mol. The second-order valence-corrected chi connectivity index (χ2v) is 18.3. The molecule has 0 aromatic heterocycles. The molecule has 0 bridgehead atoms. The standard InChI is InChI=1S/C42H66O13/c1-21-27-13-16-42(45)29-10-9-25-17-26(11-14-40(25,5)28(29)12-15-41(27,42)39(44)52-21)53-33-19-31(47-7)37(23(3)50-33)55-35-20-32(48-8)38(24(4)51-35)54-34-18-30(46-6)36(43)22(2)49-34/h9,21-24,26-38,43,45H,10-20H2,1-8H3/t21-,22-,23-,24-,26+,27-,28+,29-,30-,31+,32+,33+,34-,35-,36-,37-,38-,40+,41-,42+/m1/s1. The van der Waals surface area contributed by atoms with Crippen molar-refractivity contribution in [3.63, 3.8) is 0 Å². The summed E-state index contributed by atoms with van der Waals surface area (Å²) in [5.74, 6) is 0.359. The molecule has 0 aromatic rings. The quantitative estimate of drug-likeness (QED) is 0.249. The third-order valence-corrected chi connectivity index (χ3v) is 15.8. The van der Waals surface area contributed by atoms with Crippen LogP contribution in [0.1, 0.15) is 105 Å². The Balaban J connectivity index is 0.865. The molecule has 55 heavy (non-hydrogen) atoms. The first-order valence-corrected chi connectivity index (χ1v) is 21.1. The van der Waals surface area contributed by atoms with Crippen LogP contribution in [0.4, 0.5) is 0 Å². The van der Waals surface area contributed by atoms with E-state index in [1.165, 1.54) is 5.57 Å². The smallest absolute Gasteiger partial charge is 0.315 e. The fourth-order valence-corrected chi connectivity index (χ4v) is 12.8. The second kappa shape index (κ2) is 15.4. The Labute approximate surface area is 326 Å². The first-order valence-electron chi connectivity index (χ1n) is 21.1. The van der Waals surface area contributed by atoms with Gasteiger partial charge in [0, 0.05) is 46.5 Å². The van der Waals surface area contributed by atoms with Gasteiger partial charge in [-0.1, -0.05) is 18.6 Å². The minimum absolute atomic E-state index is 0.0167. The molecule has 3 saturated carbocycles. The Kier molecular flexibility index (Phi) is 11.4. The molecular weight excluding hydrogens is 712 g/mol. The Morgan fingerprint density at radius 2 is 1.25 bits per heavy atom. The predicted octanol–water partition coefficient (Wildman–Crippen LogP) is 4.57. The number of methoxy groups -OCH3 is 3. The van der Waals surface area contributed by atoms with Crippen LogP contribution in [0.15, 0.2) is 11.6 Å². The molecule has 0 radical (unpaired) electrons. The lowest BCUT2D eigenvalue weighted by Gasteiger charge is -2.60. The van der Waals surface area contributed by atoms with Crippen molar-refractivity contribution in [1.29, 1.82) is 0 Å². The van der Waals surface area contributed by atoms with Crippen molar-refractivity contribution >= 4 is 5.97 Å². The minimum Gasteiger partial charge on any atom is -0.462 e.